The molecule has 1 aromatic rings. The summed E-state index contributed by atoms with van der Waals surface area (Å²) < 4.78 is 26.5. The van der Waals surface area contributed by atoms with E-state index in [0.717, 1.165) is 11.3 Å². The zero-order valence-electron chi connectivity index (χ0n) is 11.7. The molecule has 1 saturated heterocycles. The van der Waals surface area contributed by atoms with Gasteiger partial charge >= 0.3 is 5.97 Å². The zero-order valence-corrected chi connectivity index (χ0v) is 13.3. The largest absolute Gasteiger partial charge is 0.477 e. The van der Waals surface area contributed by atoms with E-state index in [0.29, 0.717) is 19.6 Å². The van der Waals surface area contributed by atoms with Crippen LogP contribution in [0.4, 0.5) is 0 Å². The van der Waals surface area contributed by atoms with Crippen molar-refractivity contribution < 1.29 is 18.3 Å². The molecule has 1 aliphatic rings. The van der Waals surface area contributed by atoms with E-state index in [1.54, 1.807) is 0 Å². The lowest BCUT2D eigenvalue weighted by Gasteiger charge is -2.44. The Labute approximate surface area is 122 Å². The van der Waals surface area contributed by atoms with Gasteiger partial charge in [-0.25, -0.2) is 13.2 Å². The zero-order chi connectivity index (χ0) is 15.1. The van der Waals surface area contributed by atoms with Crippen molar-refractivity contribution in [3.63, 3.8) is 0 Å². The Kier molecular flexibility index (Phi) is 3.94. The van der Waals surface area contributed by atoms with E-state index >= 15 is 0 Å². The van der Waals surface area contributed by atoms with Crippen LogP contribution in [-0.4, -0.2) is 60.9 Å². The second-order valence-electron chi connectivity index (χ2n) is 5.52. The third kappa shape index (κ3) is 2.73. The van der Waals surface area contributed by atoms with Crippen LogP contribution in [-0.2, 0) is 10.0 Å². The van der Waals surface area contributed by atoms with E-state index in [4.69, 9.17) is 5.11 Å². The van der Waals surface area contributed by atoms with Gasteiger partial charge in [0.2, 0.25) is 10.0 Å². The van der Waals surface area contributed by atoms with Gasteiger partial charge in [0, 0.05) is 30.6 Å². The molecule has 1 N–H and O–H groups in total. The molecule has 0 atom stereocenters. The molecule has 8 heteroatoms. The number of nitrogens with zero attached hydrogens (tertiary/aromatic N) is 2. The molecule has 1 aromatic heterocycles. The highest BCUT2D eigenvalue weighted by Crippen LogP contribution is 2.27. The number of carboxylic acid groups (broad SMARTS) is 1. The van der Waals surface area contributed by atoms with Gasteiger partial charge in [-0.05, 0) is 27.0 Å². The van der Waals surface area contributed by atoms with Crippen molar-refractivity contribution in [3.05, 3.63) is 16.3 Å². The lowest BCUT2D eigenvalue weighted by atomic mass is 10.0. The first kappa shape index (κ1) is 15.4. The predicted octanol–water partition coefficient (Wildman–Crippen LogP) is 1.16. The number of carboxylic acids is 1. The number of likely N-dealkylation sites (N-methyl/N-ethyl adjacent to an activating group) is 1. The summed E-state index contributed by atoms with van der Waals surface area (Å²) in [5.74, 6) is -1.10. The quantitative estimate of drug-likeness (QED) is 0.905. The first-order valence-electron chi connectivity index (χ1n) is 6.18. The van der Waals surface area contributed by atoms with Crippen molar-refractivity contribution in [1.29, 1.82) is 0 Å². The molecule has 0 bridgehead atoms. The first-order chi connectivity index (χ1) is 9.14. The van der Waals surface area contributed by atoms with E-state index in [-0.39, 0.29) is 15.3 Å². The molecule has 0 spiro atoms. The van der Waals surface area contributed by atoms with E-state index in [1.165, 1.54) is 15.8 Å². The molecular weight excluding hydrogens is 300 g/mol. The highest BCUT2D eigenvalue weighted by atomic mass is 32.2. The minimum Gasteiger partial charge on any atom is -0.477 e. The third-order valence-electron chi connectivity index (χ3n) is 3.71. The molecule has 20 heavy (non-hydrogen) atoms. The summed E-state index contributed by atoms with van der Waals surface area (Å²) in [5, 5.41) is 10.3. The Hall–Kier alpha value is -0.960. The fraction of sp³-hybridized carbons (Fsp3) is 0.583. The standard InChI is InChI=1S/C12H18N2O4S2/c1-12(2)8-14(5-4-13(12)3)20(17,18)9-6-10(11(15)16)19-7-9/h6-7H,4-5,8H2,1-3H3,(H,15,16). The Bertz CT molecular complexity index is 621. The van der Waals surface area contributed by atoms with Crippen LogP contribution in [0.25, 0.3) is 0 Å². The van der Waals surface area contributed by atoms with Crippen LogP contribution in [0.15, 0.2) is 16.3 Å². The van der Waals surface area contributed by atoms with Crippen molar-refractivity contribution in [2.45, 2.75) is 24.3 Å². The van der Waals surface area contributed by atoms with Gasteiger partial charge in [-0.3, -0.25) is 4.90 Å². The molecule has 0 radical (unpaired) electrons. The van der Waals surface area contributed by atoms with Gasteiger partial charge in [-0.1, -0.05) is 0 Å². The van der Waals surface area contributed by atoms with Crippen LogP contribution in [0.5, 0.6) is 0 Å². The molecule has 2 rings (SSSR count). The summed E-state index contributed by atoms with van der Waals surface area (Å²) in [6.45, 7) is 5.45. The number of hydrogen-bond donors (Lipinski definition) is 1. The monoisotopic (exact) mass is 318 g/mol. The maximum Gasteiger partial charge on any atom is 0.345 e. The summed E-state index contributed by atoms with van der Waals surface area (Å²) in [6.07, 6.45) is 0. The predicted molar refractivity (Wildman–Crippen MR) is 76.7 cm³/mol. The molecule has 0 amide bonds. The average Bonchev–Trinajstić information content (AvgIpc) is 2.82. The van der Waals surface area contributed by atoms with Crippen LogP contribution in [0, 0.1) is 0 Å². The highest BCUT2D eigenvalue weighted by Gasteiger charge is 2.37. The molecule has 112 valence electrons. The van der Waals surface area contributed by atoms with Crippen LogP contribution in [0.2, 0.25) is 0 Å². The van der Waals surface area contributed by atoms with Crippen molar-refractivity contribution in [3.8, 4) is 0 Å². The van der Waals surface area contributed by atoms with Crippen molar-refractivity contribution in [2.24, 2.45) is 0 Å². The van der Waals surface area contributed by atoms with Gasteiger partial charge in [-0.15, -0.1) is 11.3 Å². The lowest BCUT2D eigenvalue weighted by molar-refractivity contribution is 0.0702. The molecule has 0 aliphatic carbocycles. The topological polar surface area (TPSA) is 77.9 Å². The lowest BCUT2D eigenvalue weighted by Crippen LogP contribution is -2.58. The number of aromatic carboxylic acids is 1. The van der Waals surface area contributed by atoms with Crippen molar-refractivity contribution in [2.75, 3.05) is 26.7 Å². The van der Waals surface area contributed by atoms with Crippen LogP contribution < -0.4 is 0 Å². The van der Waals surface area contributed by atoms with Crippen LogP contribution in [0.1, 0.15) is 23.5 Å². The van der Waals surface area contributed by atoms with Gasteiger partial charge in [0.25, 0.3) is 0 Å². The normalized spacial score (nSPS) is 20.9. The number of hydrogen-bond acceptors (Lipinski definition) is 5. The summed E-state index contributed by atoms with van der Waals surface area (Å²) in [6, 6.07) is 1.23. The maximum atomic E-state index is 12.5. The van der Waals surface area contributed by atoms with Crippen LogP contribution >= 0.6 is 11.3 Å². The molecule has 1 aliphatic heterocycles. The van der Waals surface area contributed by atoms with E-state index in [9.17, 15) is 13.2 Å². The third-order valence-corrected chi connectivity index (χ3v) is 6.60. The highest BCUT2D eigenvalue weighted by molar-refractivity contribution is 7.89. The minimum absolute atomic E-state index is 0.0389. The Balaban J connectivity index is 2.28. The summed E-state index contributed by atoms with van der Waals surface area (Å²) in [4.78, 5) is 13.1. The molecule has 2 heterocycles. The van der Waals surface area contributed by atoms with Gasteiger partial charge in [0.05, 0.1) is 4.90 Å². The second-order valence-corrected chi connectivity index (χ2v) is 8.37. The number of piperazine rings is 1. The first-order valence-corrected chi connectivity index (χ1v) is 8.50. The van der Waals surface area contributed by atoms with Crippen LogP contribution in [0.3, 0.4) is 0 Å². The van der Waals surface area contributed by atoms with Gasteiger partial charge in [0.15, 0.2) is 0 Å². The number of thiophene rings is 1. The van der Waals surface area contributed by atoms with Crippen molar-refractivity contribution >= 4 is 27.3 Å². The number of carbonyl (C=O) groups is 1. The SMILES string of the molecule is CN1CCN(S(=O)(=O)c2csc(C(=O)O)c2)CC1(C)C. The minimum atomic E-state index is -3.62. The average molecular weight is 318 g/mol. The number of sulfonamides is 1. The molecule has 0 aromatic carbocycles. The Morgan fingerprint density at radius 1 is 1.40 bits per heavy atom. The Morgan fingerprint density at radius 3 is 2.55 bits per heavy atom. The maximum absolute atomic E-state index is 12.5. The van der Waals surface area contributed by atoms with Gasteiger partial charge < -0.3 is 5.11 Å². The van der Waals surface area contributed by atoms with Gasteiger partial charge in [-0.2, -0.15) is 4.31 Å². The van der Waals surface area contributed by atoms with E-state index < -0.39 is 16.0 Å². The molecule has 0 saturated carbocycles. The fourth-order valence-electron chi connectivity index (χ4n) is 2.12. The van der Waals surface area contributed by atoms with E-state index in [1.807, 2.05) is 20.9 Å². The summed E-state index contributed by atoms with van der Waals surface area (Å²) in [7, 11) is -1.65. The molecule has 6 nitrogen and oxygen atoms in total. The fourth-order valence-corrected chi connectivity index (χ4v) is 4.80. The van der Waals surface area contributed by atoms with Crippen molar-refractivity contribution in [1.82, 2.24) is 9.21 Å². The smallest absolute Gasteiger partial charge is 0.345 e. The number of rotatable bonds is 3. The summed E-state index contributed by atoms with van der Waals surface area (Å²) in [5.41, 5.74) is -0.239. The summed E-state index contributed by atoms with van der Waals surface area (Å²) >= 11 is 0.933. The molecular formula is C12H18N2O4S2. The van der Waals surface area contributed by atoms with E-state index in [2.05, 4.69) is 4.90 Å². The molecule has 1 fully saturated rings. The molecule has 0 unspecified atom stereocenters. The second kappa shape index (κ2) is 5.10. The van der Waals surface area contributed by atoms with Gasteiger partial charge in [0.1, 0.15) is 4.88 Å². The Morgan fingerprint density at radius 2 is 2.05 bits per heavy atom.